The molecule has 4 aromatic heterocycles. The zero-order valence-corrected chi connectivity index (χ0v) is 26.8. The van der Waals surface area contributed by atoms with Crippen molar-refractivity contribution in [1.29, 1.82) is 5.26 Å². The van der Waals surface area contributed by atoms with E-state index in [2.05, 4.69) is 37.1 Å². The fraction of sp³-hybridized carbons (Fsp3) is 0.314. The molecule has 0 radical (unpaired) electrons. The van der Waals surface area contributed by atoms with Crippen LogP contribution in [0.1, 0.15) is 53.9 Å². The molecule has 4 heterocycles. The predicted octanol–water partition coefficient (Wildman–Crippen LogP) is 6.11. The van der Waals surface area contributed by atoms with E-state index in [0.717, 1.165) is 59.5 Å². The van der Waals surface area contributed by atoms with Crippen molar-refractivity contribution in [1.82, 2.24) is 30.0 Å². The molecule has 12 heteroatoms. The molecule has 0 atom stereocenters. The number of anilines is 3. The van der Waals surface area contributed by atoms with Crippen LogP contribution in [0.25, 0.3) is 11.1 Å². The van der Waals surface area contributed by atoms with Gasteiger partial charge in [-0.05, 0) is 63.3 Å². The van der Waals surface area contributed by atoms with Gasteiger partial charge in [0.25, 0.3) is 0 Å². The molecule has 1 saturated carbocycles. The van der Waals surface area contributed by atoms with E-state index in [1.165, 1.54) is 6.20 Å². The maximum atomic E-state index is 13.7. The Morgan fingerprint density at radius 3 is 2.49 bits per heavy atom. The third-order valence-corrected chi connectivity index (χ3v) is 8.43. The number of nitrogens with one attached hydrogen (secondary N) is 3. The van der Waals surface area contributed by atoms with E-state index in [0.29, 0.717) is 36.2 Å². The number of pyridine rings is 1. The van der Waals surface area contributed by atoms with Crippen molar-refractivity contribution in [2.24, 2.45) is 7.05 Å². The predicted molar refractivity (Wildman–Crippen MR) is 180 cm³/mol. The Morgan fingerprint density at radius 1 is 1.02 bits per heavy atom. The number of aromatic nitrogens is 5. The minimum absolute atomic E-state index is 0.0404. The lowest BCUT2D eigenvalue weighted by Gasteiger charge is -2.36. The summed E-state index contributed by atoms with van der Waals surface area (Å²) in [5.41, 5.74) is 4.31. The van der Waals surface area contributed by atoms with Gasteiger partial charge in [-0.2, -0.15) is 15.3 Å². The molecule has 0 saturated heterocycles. The molecular weight excluding hydrogens is 592 g/mol. The van der Waals surface area contributed by atoms with Gasteiger partial charge < -0.3 is 20.4 Å². The largest absolute Gasteiger partial charge is 0.466 e. The second-order valence-corrected chi connectivity index (χ2v) is 11.8. The van der Waals surface area contributed by atoms with Gasteiger partial charge in [0, 0.05) is 61.3 Å². The molecule has 1 fully saturated rings. The number of furan rings is 1. The maximum Gasteiger partial charge on any atom is 0.323 e. The Balaban J connectivity index is 1.13. The molecule has 1 aliphatic rings. The number of nitrogens with zero attached hydrogens (tertiary/aromatic N) is 7. The molecule has 2 amide bonds. The number of carbonyl (C=O) groups excluding carboxylic acids is 1. The molecule has 47 heavy (non-hydrogen) atoms. The minimum Gasteiger partial charge on any atom is -0.466 e. The highest BCUT2D eigenvalue weighted by Crippen LogP contribution is 2.30. The van der Waals surface area contributed by atoms with E-state index in [4.69, 9.17) is 9.40 Å². The van der Waals surface area contributed by atoms with Crippen LogP contribution in [0.4, 0.5) is 22.4 Å². The Bertz CT molecular complexity index is 1850. The highest BCUT2D eigenvalue weighted by atomic mass is 16.3. The van der Waals surface area contributed by atoms with Gasteiger partial charge in [-0.25, -0.2) is 14.8 Å². The van der Waals surface area contributed by atoms with Gasteiger partial charge >= 0.3 is 6.03 Å². The average Bonchev–Trinajstić information content (AvgIpc) is 3.67. The molecule has 6 rings (SSSR count). The van der Waals surface area contributed by atoms with Crippen molar-refractivity contribution >= 4 is 23.6 Å². The van der Waals surface area contributed by atoms with Crippen molar-refractivity contribution in [3.8, 4) is 17.2 Å². The van der Waals surface area contributed by atoms with E-state index in [9.17, 15) is 10.1 Å². The summed E-state index contributed by atoms with van der Waals surface area (Å²) < 4.78 is 7.38. The summed E-state index contributed by atoms with van der Waals surface area (Å²) in [6.07, 6.45) is 10.2. The number of aryl methyl sites for hydroxylation is 3. The van der Waals surface area contributed by atoms with Crippen LogP contribution in [-0.2, 0) is 20.1 Å². The van der Waals surface area contributed by atoms with Crippen LogP contribution < -0.4 is 20.9 Å². The van der Waals surface area contributed by atoms with Gasteiger partial charge in [0.2, 0.25) is 5.95 Å². The lowest BCUT2D eigenvalue weighted by molar-refractivity contribution is 0.240. The summed E-state index contributed by atoms with van der Waals surface area (Å²) in [7, 11) is 1.88. The summed E-state index contributed by atoms with van der Waals surface area (Å²) in [4.78, 5) is 29.3. The quantitative estimate of drug-likeness (QED) is 0.166. The van der Waals surface area contributed by atoms with Crippen LogP contribution in [-0.4, -0.2) is 42.8 Å². The molecule has 5 aromatic rings. The smallest absolute Gasteiger partial charge is 0.323 e. The first-order valence-corrected chi connectivity index (χ1v) is 15.8. The third-order valence-electron chi connectivity index (χ3n) is 8.43. The number of nitriles is 1. The SMILES string of the molecule is Cc1cc(CNc2nc(N[C@H]3CC[C@H](N(C(=O)NCc4ccccc4)c4ccc(-c5cnn(C)c5)cn4)CC3)ncc2C#N)c(C)o1. The highest BCUT2D eigenvalue weighted by molar-refractivity contribution is 5.91. The first-order valence-electron chi connectivity index (χ1n) is 15.8. The first-order chi connectivity index (χ1) is 22.9. The molecule has 0 aliphatic heterocycles. The number of amides is 2. The Hall–Kier alpha value is -5.70. The molecule has 3 N–H and O–H groups in total. The zero-order valence-electron chi connectivity index (χ0n) is 26.8. The first kappa shape index (κ1) is 31.3. The van der Waals surface area contributed by atoms with E-state index in [1.807, 2.05) is 75.6 Å². The topological polar surface area (TPSA) is 150 Å². The molecule has 0 bridgehead atoms. The van der Waals surface area contributed by atoms with E-state index >= 15 is 0 Å². The molecule has 12 nitrogen and oxygen atoms in total. The normalized spacial score (nSPS) is 15.9. The molecule has 1 aliphatic carbocycles. The van der Waals surface area contributed by atoms with Gasteiger partial charge in [0.1, 0.15) is 34.8 Å². The minimum atomic E-state index is -0.180. The van der Waals surface area contributed by atoms with E-state index in [1.54, 1.807) is 22.0 Å². The summed E-state index contributed by atoms with van der Waals surface area (Å²) >= 11 is 0. The van der Waals surface area contributed by atoms with E-state index < -0.39 is 0 Å². The lowest BCUT2D eigenvalue weighted by atomic mass is 9.90. The van der Waals surface area contributed by atoms with Crippen molar-refractivity contribution < 1.29 is 9.21 Å². The van der Waals surface area contributed by atoms with Crippen LogP contribution in [0, 0.1) is 25.2 Å². The number of rotatable bonds is 10. The second-order valence-electron chi connectivity index (χ2n) is 11.8. The lowest BCUT2D eigenvalue weighted by Crippen LogP contribution is -2.49. The van der Waals surface area contributed by atoms with Gasteiger partial charge in [-0.1, -0.05) is 30.3 Å². The third kappa shape index (κ3) is 7.58. The summed E-state index contributed by atoms with van der Waals surface area (Å²) in [6.45, 7) is 4.73. The summed E-state index contributed by atoms with van der Waals surface area (Å²) in [6, 6.07) is 17.8. The number of benzene rings is 1. The molecule has 1 aromatic carbocycles. The van der Waals surface area contributed by atoms with Gasteiger partial charge in [-0.3, -0.25) is 9.58 Å². The van der Waals surface area contributed by atoms with Gasteiger partial charge in [-0.15, -0.1) is 0 Å². The molecule has 0 spiro atoms. The highest BCUT2D eigenvalue weighted by Gasteiger charge is 2.31. The number of hydrogen-bond acceptors (Lipinski definition) is 9. The fourth-order valence-corrected chi connectivity index (χ4v) is 5.95. The second kappa shape index (κ2) is 14.2. The standard InChI is InChI=1S/C35H38N10O2/c1-23-15-27(24(2)47-23)19-38-33-28(16-36)20-39-34(43-33)42-30-10-12-31(13-11-30)45(35(46)40-17-25-7-5-4-6-8-25)32-14-9-26(18-37-32)29-21-41-44(3)22-29/h4-9,14-15,18,20-22,30-31H,10-13,17,19H2,1-3H3,(H,40,46)(H2,38,39,42,43)/t30-,31-. The molecular formula is C35H38N10O2. The van der Waals surface area contributed by atoms with Crippen LogP contribution in [0.5, 0.6) is 0 Å². The Labute approximate surface area is 273 Å². The fourth-order valence-electron chi connectivity index (χ4n) is 5.95. The molecule has 240 valence electrons. The van der Waals surface area contributed by atoms with Crippen molar-refractivity contribution in [3.05, 3.63) is 102 Å². The zero-order chi connectivity index (χ0) is 32.8. The summed E-state index contributed by atoms with van der Waals surface area (Å²) in [5, 5.41) is 23.7. The Kier molecular flexibility index (Phi) is 9.43. The number of carbonyl (C=O) groups is 1. The van der Waals surface area contributed by atoms with Gasteiger partial charge in [0.05, 0.1) is 12.4 Å². The van der Waals surface area contributed by atoms with Crippen LogP contribution >= 0.6 is 0 Å². The van der Waals surface area contributed by atoms with Gasteiger partial charge in [0.15, 0.2) is 0 Å². The maximum absolute atomic E-state index is 13.7. The molecule has 0 unspecified atom stereocenters. The van der Waals surface area contributed by atoms with Crippen molar-refractivity contribution in [2.45, 2.75) is 64.7 Å². The van der Waals surface area contributed by atoms with Crippen molar-refractivity contribution in [2.75, 3.05) is 15.5 Å². The Morgan fingerprint density at radius 2 is 1.83 bits per heavy atom. The average molecular weight is 631 g/mol. The van der Waals surface area contributed by atoms with Crippen molar-refractivity contribution in [3.63, 3.8) is 0 Å². The van der Waals surface area contributed by atoms with Crippen LogP contribution in [0.15, 0.2) is 77.7 Å². The summed E-state index contributed by atoms with van der Waals surface area (Å²) in [5.74, 6) is 3.21. The van der Waals surface area contributed by atoms with Crippen LogP contribution in [0.2, 0.25) is 0 Å². The van der Waals surface area contributed by atoms with E-state index in [-0.39, 0.29) is 18.1 Å². The van der Waals surface area contributed by atoms with Crippen LogP contribution in [0.3, 0.4) is 0 Å². The number of urea groups is 1. The number of hydrogen-bond donors (Lipinski definition) is 3. The monoisotopic (exact) mass is 630 g/mol.